The van der Waals surface area contributed by atoms with Crippen molar-refractivity contribution in [1.29, 1.82) is 0 Å². The zero-order chi connectivity index (χ0) is 6.20. The van der Waals surface area contributed by atoms with Gasteiger partial charge in [-0.15, -0.1) is 0 Å². The normalized spacial score (nSPS) is 28.9. The summed E-state index contributed by atoms with van der Waals surface area (Å²) < 4.78 is 0. The third kappa shape index (κ3) is 0.873. The Morgan fingerprint density at radius 2 is 2.00 bits per heavy atom. The monoisotopic (exact) mass is 113 g/mol. The Hall–Kier alpha value is -0.0400. The highest BCUT2D eigenvalue weighted by Crippen LogP contribution is 2.25. The molecule has 1 aliphatic heterocycles. The molecule has 1 saturated heterocycles. The summed E-state index contributed by atoms with van der Waals surface area (Å²) in [5.74, 6) is 0. The molecule has 1 heteroatoms. The van der Waals surface area contributed by atoms with Crippen molar-refractivity contribution >= 4 is 0 Å². The van der Waals surface area contributed by atoms with Crippen molar-refractivity contribution in [1.82, 2.24) is 4.90 Å². The Morgan fingerprint density at radius 3 is 2.12 bits per heavy atom. The van der Waals surface area contributed by atoms with Gasteiger partial charge in [-0.2, -0.15) is 0 Å². The second-order valence-electron chi connectivity index (χ2n) is 3.34. The summed E-state index contributed by atoms with van der Waals surface area (Å²) >= 11 is 0. The molecule has 48 valence electrons. The molecule has 0 saturated carbocycles. The van der Waals surface area contributed by atoms with Crippen molar-refractivity contribution in [2.75, 3.05) is 13.6 Å². The van der Waals surface area contributed by atoms with E-state index in [2.05, 4.69) is 25.8 Å². The molecule has 0 N–H and O–H groups in total. The quantitative estimate of drug-likeness (QED) is 0.460. The standard InChI is InChI=1S/C7H15N/c1-7(2)5-4-6-8(7)3/h4-6H2,1-3H3. The van der Waals surface area contributed by atoms with E-state index in [0.717, 1.165) is 0 Å². The maximum Gasteiger partial charge on any atom is 0.0150 e. The molecule has 0 spiro atoms. The molecule has 1 rings (SSSR count). The van der Waals surface area contributed by atoms with Crippen molar-refractivity contribution in [2.45, 2.75) is 32.2 Å². The Kier molecular flexibility index (Phi) is 1.31. The Labute approximate surface area is 51.7 Å². The van der Waals surface area contributed by atoms with Crippen molar-refractivity contribution in [2.24, 2.45) is 0 Å². The van der Waals surface area contributed by atoms with Crippen LogP contribution >= 0.6 is 0 Å². The van der Waals surface area contributed by atoms with Crippen molar-refractivity contribution in [3.05, 3.63) is 0 Å². The summed E-state index contributed by atoms with van der Waals surface area (Å²) in [6.07, 6.45) is 2.74. The molecule has 0 bridgehead atoms. The van der Waals surface area contributed by atoms with Crippen LogP contribution in [0.2, 0.25) is 0 Å². The predicted octanol–water partition coefficient (Wildman–Crippen LogP) is 1.49. The Morgan fingerprint density at radius 1 is 1.38 bits per heavy atom. The van der Waals surface area contributed by atoms with E-state index in [-0.39, 0.29) is 0 Å². The average molecular weight is 113 g/mol. The number of nitrogens with zero attached hydrogens (tertiary/aromatic N) is 1. The van der Waals surface area contributed by atoms with Gasteiger partial charge in [-0.1, -0.05) is 0 Å². The van der Waals surface area contributed by atoms with Crippen LogP contribution < -0.4 is 0 Å². The minimum absolute atomic E-state index is 0.486. The lowest BCUT2D eigenvalue weighted by atomic mass is 10.0. The van der Waals surface area contributed by atoms with E-state index >= 15 is 0 Å². The van der Waals surface area contributed by atoms with Gasteiger partial charge in [-0.25, -0.2) is 0 Å². The van der Waals surface area contributed by atoms with Gasteiger partial charge >= 0.3 is 0 Å². The van der Waals surface area contributed by atoms with Gasteiger partial charge < -0.3 is 4.90 Å². The third-order valence-corrected chi connectivity index (χ3v) is 2.32. The van der Waals surface area contributed by atoms with Crippen LogP contribution in [0, 0.1) is 0 Å². The highest BCUT2D eigenvalue weighted by molar-refractivity contribution is 4.84. The molecular formula is C7H15N. The summed E-state index contributed by atoms with van der Waals surface area (Å²) in [6.45, 7) is 5.90. The largest absolute Gasteiger partial charge is 0.301 e. The summed E-state index contributed by atoms with van der Waals surface area (Å²) in [4.78, 5) is 2.42. The van der Waals surface area contributed by atoms with Crippen molar-refractivity contribution < 1.29 is 0 Å². The van der Waals surface area contributed by atoms with Gasteiger partial charge in [-0.05, 0) is 40.3 Å². The molecule has 0 aromatic rings. The van der Waals surface area contributed by atoms with E-state index in [9.17, 15) is 0 Å². The maximum atomic E-state index is 2.42. The molecule has 1 fully saturated rings. The van der Waals surface area contributed by atoms with Gasteiger partial charge in [0.05, 0.1) is 0 Å². The van der Waals surface area contributed by atoms with Gasteiger partial charge in [0.2, 0.25) is 0 Å². The first-order valence-corrected chi connectivity index (χ1v) is 3.34. The molecule has 0 radical (unpaired) electrons. The van der Waals surface area contributed by atoms with E-state index in [1.165, 1.54) is 19.4 Å². The van der Waals surface area contributed by atoms with Gasteiger partial charge in [0.1, 0.15) is 0 Å². The number of hydrogen-bond acceptors (Lipinski definition) is 1. The van der Waals surface area contributed by atoms with Crippen LogP contribution in [0.1, 0.15) is 26.7 Å². The van der Waals surface area contributed by atoms with Crippen LogP contribution in [0.5, 0.6) is 0 Å². The van der Waals surface area contributed by atoms with Crippen LogP contribution in [-0.4, -0.2) is 24.0 Å². The van der Waals surface area contributed by atoms with E-state index in [1.807, 2.05) is 0 Å². The second kappa shape index (κ2) is 1.73. The lowest BCUT2D eigenvalue weighted by Gasteiger charge is -2.26. The van der Waals surface area contributed by atoms with E-state index in [0.29, 0.717) is 5.54 Å². The molecule has 0 aromatic carbocycles. The van der Waals surface area contributed by atoms with Crippen LogP contribution in [0.25, 0.3) is 0 Å². The summed E-state index contributed by atoms with van der Waals surface area (Å²) in [7, 11) is 2.20. The fourth-order valence-corrected chi connectivity index (χ4v) is 1.24. The number of likely N-dealkylation sites (tertiary alicyclic amines) is 1. The first-order valence-electron chi connectivity index (χ1n) is 3.34. The molecule has 0 aromatic heterocycles. The summed E-state index contributed by atoms with van der Waals surface area (Å²) in [5.41, 5.74) is 0.486. The summed E-state index contributed by atoms with van der Waals surface area (Å²) in [6, 6.07) is 0. The molecule has 0 aliphatic carbocycles. The van der Waals surface area contributed by atoms with E-state index in [1.54, 1.807) is 0 Å². The Balaban J connectivity index is 2.54. The lowest BCUT2D eigenvalue weighted by Crippen LogP contribution is -2.34. The first kappa shape index (κ1) is 6.09. The SMILES string of the molecule is CN1CCCC1(C)C. The van der Waals surface area contributed by atoms with Gasteiger partial charge in [0.25, 0.3) is 0 Å². The Bertz CT molecular complexity index is 86.4. The zero-order valence-corrected chi connectivity index (χ0v) is 6.07. The lowest BCUT2D eigenvalue weighted by molar-refractivity contribution is 0.218. The van der Waals surface area contributed by atoms with Crippen LogP contribution in [0.4, 0.5) is 0 Å². The predicted molar refractivity (Wildman–Crippen MR) is 35.9 cm³/mol. The fourth-order valence-electron chi connectivity index (χ4n) is 1.24. The molecule has 1 heterocycles. The molecular weight excluding hydrogens is 98.1 g/mol. The van der Waals surface area contributed by atoms with Crippen LogP contribution in [-0.2, 0) is 0 Å². The second-order valence-corrected chi connectivity index (χ2v) is 3.34. The maximum absolute atomic E-state index is 2.42. The molecule has 1 aliphatic rings. The van der Waals surface area contributed by atoms with E-state index < -0.39 is 0 Å². The summed E-state index contributed by atoms with van der Waals surface area (Å²) in [5, 5.41) is 0. The first-order chi connectivity index (χ1) is 3.63. The van der Waals surface area contributed by atoms with E-state index in [4.69, 9.17) is 0 Å². The molecule has 0 atom stereocenters. The minimum atomic E-state index is 0.486. The number of hydrogen-bond donors (Lipinski definition) is 0. The molecule has 1 nitrogen and oxygen atoms in total. The fraction of sp³-hybridized carbons (Fsp3) is 1.00. The average Bonchev–Trinajstić information content (AvgIpc) is 1.86. The smallest absolute Gasteiger partial charge is 0.0150 e. The highest BCUT2D eigenvalue weighted by atomic mass is 15.2. The van der Waals surface area contributed by atoms with Crippen molar-refractivity contribution in [3.8, 4) is 0 Å². The molecule has 8 heavy (non-hydrogen) atoms. The molecule has 0 amide bonds. The minimum Gasteiger partial charge on any atom is -0.301 e. The third-order valence-electron chi connectivity index (χ3n) is 2.32. The van der Waals surface area contributed by atoms with Gasteiger partial charge in [0, 0.05) is 5.54 Å². The molecule has 0 unspecified atom stereocenters. The van der Waals surface area contributed by atoms with Crippen molar-refractivity contribution in [3.63, 3.8) is 0 Å². The van der Waals surface area contributed by atoms with Gasteiger partial charge in [0.15, 0.2) is 0 Å². The van der Waals surface area contributed by atoms with Gasteiger partial charge in [-0.3, -0.25) is 0 Å². The zero-order valence-electron chi connectivity index (χ0n) is 6.07. The highest BCUT2D eigenvalue weighted by Gasteiger charge is 2.27. The number of rotatable bonds is 0. The van der Waals surface area contributed by atoms with Crippen LogP contribution in [0.15, 0.2) is 0 Å². The van der Waals surface area contributed by atoms with Crippen LogP contribution in [0.3, 0.4) is 0 Å². The topological polar surface area (TPSA) is 3.24 Å².